The zero-order valence-electron chi connectivity index (χ0n) is 16.9. The Labute approximate surface area is 165 Å². The molecule has 2 N–H and O–H groups in total. The van der Waals surface area contributed by atoms with Gasteiger partial charge in [0, 0.05) is 23.2 Å². The highest BCUT2D eigenvalue weighted by Crippen LogP contribution is 2.53. The normalized spacial score (nSPS) is 16.1. The molecule has 1 aliphatic rings. The maximum Gasteiger partial charge on any atom is 0.404 e. The van der Waals surface area contributed by atoms with Crippen LogP contribution in [0.25, 0.3) is 11.1 Å². The van der Waals surface area contributed by atoms with E-state index in [1.54, 1.807) is 19.5 Å². The number of rotatable bonds is 7. The Morgan fingerprint density at radius 1 is 1.21 bits per heavy atom. The number of carbonyl (C=O) groups is 1. The second-order valence-corrected chi connectivity index (χ2v) is 8.54. The monoisotopic (exact) mass is 384 g/mol. The van der Waals surface area contributed by atoms with Crippen LogP contribution in [0.15, 0.2) is 42.7 Å². The van der Waals surface area contributed by atoms with Crippen LogP contribution in [0.4, 0.5) is 4.79 Å². The molecule has 0 radical (unpaired) electrons. The molecule has 3 rings (SSSR count). The largest absolute Gasteiger partial charge is 0.497 e. The Bertz CT molecular complexity index is 840. The number of hydrogen-bond acceptors (Lipinski definition) is 4. The average Bonchev–Trinajstić information content (AvgIpc) is 3.44. The Morgan fingerprint density at radius 2 is 1.93 bits per heavy atom. The van der Waals surface area contributed by atoms with E-state index in [2.05, 4.69) is 31.1 Å². The molecule has 6 nitrogen and oxygen atoms in total. The van der Waals surface area contributed by atoms with Crippen molar-refractivity contribution >= 4 is 6.09 Å². The molecule has 0 aliphatic heterocycles. The first-order valence-electron chi connectivity index (χ1n) is 9.45. The minimum atomic E-state index is -0.993. The predicted octanol–water partition coefficient (Wildman–Crippen LogP) is 4.60. The number of aromatic nitrogens is 1. The minimum absolute atomic E-state index is 0.174. The van der Waals surface area contributed by atoms with Crippen LogP contribution >= 0.6 is 0 Å². The van der Waals surface area contributed by atoms with Crippen molar-refractivity contribution in [1.29, 1.82) is 0 Å². The summed E-state index contributed by atoms with van der Waals surface area (Å²) in [6, 6.07) is 9.57. The van der Waals surface area contributed by atoms with Crippen LogP contribution < -0.4 is 14.8 Å². The molecule has 6 heteroatoms. The first kappa shape index (κ1) is 20.0. The lowest BCUT2D eigenvalue weighted by molar-refractivity contribution is 0.111. The van der Waals surface area contributed by atoms with E-state index in [9.17, 15) is 9.90 Å². The molecule has 0 bridgehead atoms. The van der Waals surface area contributed by atoms with E-state index in [1.165, 1.54) is 0 Å². The number of amides is 1. The number of benzene rings is 1. The van der Waals surface area contributed by atoms with Gasteiger partial charge in [-0.1, -0.05) is 32.9 Å². The number of methoxy groups -OCH3 is 1. The Hall–Kier alpha value is -2.76. The summed E-state index contributed by atoms with van der Waals surface area (Å²) in [5.41, 5.74) is 1.57. The van der Waals surface area contributed by atoms with Crippen LogP contribution in [0.1, 0.15) is 33.6 Å². The van der Waals surface area contributed by atoms with Crippen LogP contribution in [0, 0.1) is 10.8 Å². The van der Waals surface area contributed by atoms with E-state index in [-0.39, 0.29) is 16.9 Å². The van der Waals surface area contributed by atoms with Gasteiger partial charge in [-0.05, 0) is 42.0 Å². The lowest BCUT2D eigenvalue weighted by atomic mass is 9.77. The summed E-state index contributed by atoms with van der Waals surface area (Å²) in [5.74, 6) is 1.46. The number of ether oxygens (including phenoxy) is 2. The maximum atomic E-state index is 11.3. The van der Waals surface area contributed by atoms with Crippen LogP contribution in [-0.2, 0) is 0 Å². The number of carboxylic acid groups (broad SMARTS) is 1. The van der Waals surface area contributed by atoms with Crippen molar-refractivity contribution < 1.29 is 19.4 Å². The van der Waals surface area contributed by atoms with E-state index in [4.69, 9.17) is 9.47 Å². The predicted molar refractivity (Wildman–Crippen MR) is 108 cm³/mol. The van der Waals surface area contributed by atoms with E-state index in [0.29, 0.717) is 12.4 Å². The smallest absolute Gasteiger partial charge is 0.404 e. The van der Waals surface area contributed by atoms with Gasteiger partial charge >= 0.3 is 6.09 Å². The molecule has 1 amide bonds. The van der Waals surface area contributed by atoms with Gasteiger partial charge in [0.05, 0.1) is 19.9 Å². The Kier molecular flexibility index (Phi) is 5.49. The van der Waals surface area contributed by atoms with Crippen molar-refractivity contribution in [2.24, 2.45) is 10.8 Å². The maximum absolute atomic E-state index is 11.3. The molecule has 28 heavy (non-hydrogen) atoms. The summed E-state index contributed by atoms with van der Waals surface area (Å²) in [6.45, 7) is 6.62. The van der Waals surface area contributed by atoms with E-state index in [0.717, 1.165) is 29.7 Å². The zero-order valence-corrected chi connectivity index (χ0v) is 16.9. The van der Waals surface area contributed by atoms with Gasteiger partial charge in [0.1, 0.15) is 11.5 Å². The molecule has 0 saturated heterocycles. The molecular formula is C22H28N2O4. The third-order valence-corrected chi connectivity index (χ3v) is 5.28. The molecule has 1 unspecified atom stereocenters. The van der Waals surface area contributed by atoms with Gasteiger partial charge in [0.15, 0.2) is 0 Å². The fourth-order valence-corrected chi connectivity index (χ4v) is 3.77. The molecule has 1 atom stereocenters. The highest BCUT2D eigenvalue weighted by molar-refractivity contribution is 5.66. The van der Waals surface area contributed by atoms with Crippen molar-refractivity contribution in [3.8, 4) is 22.6 Å². The van der Waals surface area contributed by atoms with Gasteiger partial charge in [-0.25, -0.2) is 4.79 Å². The van der Waals surface area contributed by atoms with Crippen molar-refractivity contribution in [1.82, 2.24) is 10.3 Å². The Balaban J connectivity index is 1.75. The molecule has 1 heterocycles. The zero-order chi connectivity index (χ0) is 20.4. The molecule has 0 spiro atoms. The van der Waals surface area contributed by atoms with Crippen LogP contribution in [0.5, 0.6) is 11.5 Å². The summed E-state index contributed by atoms with van der Waals surface area (Å²) in [7, 11) is 1.64. The standard InChI is InChI=1S/C22H28N2O4/c1-21(2,3)19(24-20(25)26)22(8-9-22)14-28-18-11-16(12-23-13-18)15-6-5-7-17(10-15)27-4/h5-7,10-13,19,24H,8-9,14H2,1-4H3,(H,25,26). The fraction of sp³-hybridized carbons (Fsp3) is 0.455. The molecule has 1 aliphatic carbocycles. The van der Waals surface area contributed by atoms with Gasteiger partial charge in [0.25, 0.3) is 0 Å². The Morgan fingerprint density at radius 3 is 2.54 bits per heavy atom. The lowest BCUT2D eigenvalue weighted by Gasteiger charge is -2.37. The number of nitrogens with zero attached hydrogens (tertiary/aromatic N) is 1. The molecule has 1 aromatic heterocycles. The van der Waals surface area contributed by atoms with Gasteiger partial charge in [0.2, 0.25) is 0 Å². The molecule has 2 aromatic rings. The SMILES string of the molecule is COc1cccc(-c2cncc(OCC3(C(NC(=O)O)C(C)(C)C)CC3)c2)c1. The summed E-state index contributed by atoms with van der Waals surface area (Å²) >= 11 is 0. The van der Waals surface area contributed by atoms with Gasteiger partial charge in [-0.3, -0.25) is 4.98 Å². The third kappa shape index (κ3) is 4.55. The number of nitrogens with one attached hydrogen (secondary N) is 1. The molecule has 1 aromatic carbocycles. The van der Waals surface area contributed by atoms with Crippen LogP contribution in [0.3, 0.4) is 0 Å². The van der Waals surface area contributed by atoms with Crippen molar-refractivity contribution in [2.45, 2.75) is 39.7 Å². The second-order valence-electron chi connectivity index (χ2n) is 8.54. The second kappa shape index (κ2) is 7.70. The lowest BCUT2D eigenvalue weighted by Crippen LogP contribution is -2.51. The van der Waals surface area contributed by atoms with Gasteiger partial charge < -0.3 is 19.9 Å². The van der Waals surface area contributed by atoms with Crippen molar-refractivity contribution in [3.05, 3.63) is 42.7 Å². The summed E-state index contributed by atoms with van der Waals surface area (Å²) in [5, 5.41) is 12.0. The van der Waals surface area contributed by atoms with Crippen molar-refractivity contribution in [2.75, 3.05) is 13.7 Å². The van der Waals surface area contributed by atoms with Crippen LogP contribution in [-0.4, -0.2) is 35.9 Å². The number of pyridine rings is 1. The first-order chi connectivity index (χ1) is 13.2. The molecule has 1 saturated carbocycles. The fourth-order valence-electron chi connectivity index (χ4n) is 3.77. The first-order valence-corrected chi connectivity index (χ1v) is 9.45. The topological polar surface area (TPSA) is 80.7 Å². The minimum Gasteiger partial charge on any atom is -0.497 e. The molecular weight excluding hydrogens is 356 g/mol. The summed E-state index contributed by atoms with van der Waals surface area (Å²) in [4.78, 5) is 15.6. The highest BCUT2D eigenvalue weighted by Gasteiger charge is 2.54. The van der Waals surface area contributed by atoms with E-state index in [1.807, 2.05) is 30.3 Å². The van der Waals surface area contributed by atoms with Crippen molar-refractivity contribution in [3.63, 3.8) is 0 Å². The summed E-state index contributed by atoms with van der Waals surface area (Å²) < 4.78 is 11.4. The highest BCUT2D eigenvalue weighted by atomic mass is 16.5. The molecule has 150 valence electrons. The van der Waals surface area contributed by atoms with Gasteiger partial charge in [-0.2, -0.15) is 0 Å². The van der Waals surface area contributed by atoms with Crippen LogP contribution in [0.2, 0.25) is 0 Å². The summed E-state index contributed by atoms with van der Waals surface area (Å²) in [6.07, 6.45) is 4.37. The van der Waals surface area contributed by atoms with Gasteiger partial charge in [-0.15, -0.1) is 0 Å². The van der Waals surface area contributed by atoms with E-state index >= 15 is 0 Å². The molecule has 1 fully saturated rings. The number of hydrogen-bond donors (Lipinski definition) is 2. The average molecular weight is 384 g/mol. The third-order valence-electron chi connectivity index (χ3n) is 5.28. The quantitative estimate of drug-likeness (QED) is 0.729. The van der Waals surface area contributed by atoms with E-state index < -0.39 is 6.09 Å².